The monoisotopic (exact) mass is 295 g/mol. The van der Waals surface area contributed by atoms with Crippen LogP contribution < -0.4 is 10.5 Å². The Morgan fingerprint density at radius 1 is 1.45 bits per heavy atom. The number of hydrogen-bond donors (Lipinski definition) is 1. The topological polar surface area (TPSA) is 52.3 Å². The third kappa shape index (κ3) is 3.97. The van der Waals surface area contributed by atoms with Gasteiger partial charge >= 0.3 is 0 Å². The Balaban J connectivity index is 1.95. The Morgan fingerprint density at radius 3 is 3.00 bits per heavy atom. The van der Waals surface area contributed by atoms with E-state index in [9.17, 15) is 4.79 Å². The van der Waals surface area contributed by atoms with Gasteiger partial charge in [0.15, 0.2) is 0 Å². The molecule has 0 radical (unpaired) electrons. The molecule has 0 saturated carbocycles. The first-order valence-corrected chi connectivity index (χ1v) is 7.63. The average Bonchev–Trinajstić information content (AvgIpc) is 2.85. The highest BCUT2D eigenvalue weighted by molar-refractivity contribution is 6.30. The zero-order chi connectivity index (χ0) is 14.5. The van der Waals surface area contributed by atoms with E-state index >= 15 is 0 Å². The normalized spacial score (nSPS) is 14.8. The largest absolute Gasteiger partial charge is 0.493 e. The maximum Gasteiger partial charge on any atom is 0.137 e. The van der Waals surface area contributed by atoms with Crippen molar-refractivity contribution in [3.05, 3.63) is 28.3 Å². The molecular weight excluding hydrogens is 274 g/mol. The molecule has 110 valence electrons. The van der Waals surface area contributed by atoms with Crippen LogP contribution in [0.3, 0.4) is 0 Å². The quantitative estimate of drug-likeness (QED) is 0.841. The number of benzene rings is 1. The lowest BCUT2D eigenvalue weighted by molar-refractivity contribution is -0.118. The second-order valence-corrected chi connectivity index (χ2v) is 6.02. The summed E-state index contributed by atoms with van der Waals surface area (Å²) in [6.45, 7) is 3.51. The third-order valence-corrected chi connectivity index (χ3v) is 4.01. The zero-order valence-electron chi connectivity index (χ0n) is 12.0. The molecule has 1 unspecified atom stereocenters. The molecule has 1 atom stereocenters. The van der Waals surface area contributed by atoms with E-state index in [1.165, 1.54) is 0 Å². The van der Waals surface area contributed by atoms with Gasteiger partial charge in [0.1, 0.15) is 11.5 Å². The summed E-state index contributed by atoms with van der Waals surface area (Å²) in [5.74, 6) is 1.62. The highest BCUT2D eigenvalue weighted by Gasteiger charge is 2.19. The van der Waals surface area contributed by atoms with E-state index < -0.39 is 0 Å². The number of fused-ring (bicyclic) bond motifs is 1. The van der Waals surface area contributed by atoms with Crippen molar-refractivity contribution in [2.24, 2.45) is 11.7 Å². The minimum atomic E-state index is 0.244. The van der Waals surface area contributed by atoms with Gasteiger partial charge in [-0.3, -0.25) is 4.79 Å². The first-order valence-electron chi connectivity index (χ1n) is 7.26. The summed E-state index contributed by atoms with van der Waals surface area (Å²) >= 11 is 6.10. The van der Waals surface area contributed by atoms with Crippen molar-refractivity contribution in [3.8, 4) is 5.75 Å². The minimum absolute atomic E-state index is 0.244. The van der Waals surface area contributed by atoms with Crippen molar-refractivity contribution in [2.75, 3.05) is 13.2 Å². The SMILES string of the molecule is CC(CCN)CCC(=O)Cc1cc(Cl)cc2c1OCC2. The first kappa shape index (κ1) is 15.3. The van der Waals surface area contributed by atoms with Gasteiger partial charge < -0.3 is 10.5 Å². The Morgan fingerprint density at radius 2 is 2.25 bits per heavy atom. The van der Waals surface area contributed by atoms with Crippen LogP contribution >= 0.6 is 11.6 Å². The lowest BCUT2D eigenvalue weighted by Crippen LogP contribution is -2.09. The molecule has 1 aromatic rings. The fourth-order valence-electron chi connectivity index (χ4n) is 2.61. The van der Waals surface area contributed by atoms with Crippen molar-refractivity contribution in [1.82, 2.24) is 0 Å². The Labute approximate surface area is 125 Å². The summed E-state index contributed by atoms with van der Waals surface area (Å²) in [4.78, 5) is 12.1. The van der Waals surface area contributed by atoms with Gasteiger partial charge in [-0.15, -0.1) is 0 Å². The molecule has 0 aromatic heterocycles. The molecule has 1 aliphatic heterocycles. The molecule has 0 aliphatic carbocycles. The highest BCUT2D eigenvalue weighted by atomic mass is 35.5. The van der Waals surface area contributed by atoms with E-state index in [4.69, 9.17) is 22.1 Å². The predicted octanol–water partition coefficient (Wildman–Crippen LogP) is 3.15. The van der Waals surface area contributed by atoms with Gasteiger partial charge in [0, 0.05) is 29.8 Å². The maximum absolute atomic E-state index is 12.1. The standard InChI is InChI=1S/C16H22ClNO2/c1-11(4-6-18)2-3-15(19)10-13-9-14(17)8-12-5-7-20-16(12)13/h8-9,11H,2-7,10,18H2,1H3. The van der Waals surface area contributed by atoms with Crippen LogP contribution in [0.2, 0.25) is 5.02 Å². The highest BCUT2D eigenvalue weighted by Crippen LogP contribution is 2.33. The first-order chi connectivity index (χ1) is 9.60. The van der Waals surface area contributed by atoms with Crippen LogP contribution in [0.4, 0.5) is 0 Å². The van der Waals surface area contributed by atoms with Crippen molar-refractivity contribution in [1.29, 1.82) is 0 Å². The van der Waals surface area contributed by atoms with E-state index in [1.54, 1.807) is 0 Å². The fraction of sp³-hybridized carbons (Fsp3) is 0.562. The Hall–Kier alpha value is -1.06. The molecule has 2 N–H and O–H groups in total. The number of carbonyl (C=O) groups is 1. The van der Waals surface area contributed by atoms with Gasteiger partial charge in [-0.2, -0.15) is 0 Å². The van der Waals surface area contributed by atoms with Crippen LogP contribution in [-0.4, -0.2) is 18.9 Å². The number of rotatable bonds is 7. The van der Waals surface area contributed by atoms with E-state index in [2.05, 4.69) is 6.92 Å². The summed E-state index contributed by atoms with van der Waals surface area (Å²) in [6, 6.07) is 3.79. The lowest BCUT2D eigenvalue weighted by Gasteiger charge is -2.11. The van der Waals surface area contributed by atoms with E-state index in [-0.39, 0.29) is 5.78 Å². The molecule has 20 heavy (non-hydrogen) atoms. The van der Waals surface area contributed by atoms with Gasteiger partial charge in [-0.25, -0.2) is 0 Å². The van der Waals surface area contributed by atoms with Crippen LogP contribution in [0, 0.1) is 5.92 Å². The molecule has 1 aliphatic rings. The van der Waals surface area contributed by atoms with Crippen molar-refractivity contribution in [3.63, 3.8) is 0 Å². The summed E-state index contributed by atoms with van der Waals surface area (Å²) in [7, 11) is 0. The molecule has 0 spiro atoms. The zero-order valence-corrected chi connectivity index (χ0v) is 12.7. The van der Waals surface area contributed by atoms with Crippen molar-refractivity contribution >= 4 is 17.4 Å². The molecule has 4 heteroatoms. The maximum atomic E-state index is 12.1. The molecule has 1 aromatic carbocycles. The third-order valence-electron chi connectivity index (χ3n) is 3.79. The number of ketones is 1. The van der Waals surface area contributed by atoms with Crippen LogP contribution in [0.15, 0.2) is 12.1 Å². The van der Waals surface area contributed by atoms with Crippen LogP contribution in [0.25, 0.3) is 0 Å². The van der Waals surface area contributed by atoms with Gasteiger partial charge in [-0.05, 0) is 43.0 Å². The molecule has 1 heterocycles. The van der Waals surface area contributed by atoms with Crippen LogP contribution in [0.1, 0.15) is 37.3 Å². The smallest absolute Gasteiger partial charge is 0.137 e. The molecule has 2 rings (SSSR count). The fourth-order valence-corrected chi connectivity index (χ4v) is 2.88. The Bertz CT molecular complexity index is 488. The van der Waals surface area contributed by atoms with E-state index in [1.807, 2.05) is 12.1 Å². The van der Waals surface area contributed by atoms with Crippen LogP contribution in [-0.2, 0) is 17.6 Å². The second kappa shape index (κ2) is 7.09. The number of hydrogen-bond acceptors (Lipinski definition) is 3. The van der Waals surface area contributed by atoms with Crippen LogP contribution in [0.5, 0.6) is 5.75 Å². The number of carbonyl (C=O) groups excluding carboxylic acids is 1. The summed E-state index contributed by atoms with van der Waals surface area (Å²) in [5, 5.41) is 0.688. The predicted molar refractivity (Wildman–Crippen MR) is 81.4 cm³/mol. The lowest BCUT2D eigenvalue weighted by atomic mass is 9.96. The van der Waals surface area contributed by atoms with Crippen molar-refractivity contribution in [2.45, 2.75) is 39.0 Å². The Kier molecular flexibility index (Phi) is 5.44. The molecule has 0 bridgehead atoms. The molecular formula is C16H22ClNO2. The molecule has 0 fully saturated rings. The average molecular weight is 296 g/mol. The van der Waals surface area contributed by atoms with Gasteiger partial charge in [-0.1, -0.05) is 18.5 Å². The van der Waals surface area contributed by atoms with Crippen molar-refractivity contribution < 1.29 is 9.53 Å². The van der Waals surface area contributed by atoms with Gasteiger partial charge in [0.2, 0.25) is 0 Å². The number of halogens is 1. The van der Waals surface area contributed by atoms with E-state index in [0.29, 0.717) is 36.9 Å². The summed E-state index contributed by atoms with van der Waals surface area (Å²) < 4.78 is 5.62. The number of ether oxygens (including phenoxy) is 1. The number of nitrogens with two attached hydrogens (primary N) is 1. The minimum Gasteiger partial charge on any atom is -0.493 e. The van der Waals surface area contributed by atoms with Gasteiger partial charge in [0.25, 0.3) is 0 Å². The molecule has 0 saturated heterocycles. The van der Waals surface area contributed by atoms with Gasteiger partial charge in [0.05, 0.1) is 6.61 Å². The summed E-state index contributed by atoms with van der Waals surface area (Å²) in [5.41, 5.74) is 7.58. The molecule has 3 nitrogen and oxygen atoms in total. The summed E-state index contributed by atoms with van der Waals surface area (Å²) in [6.07, 6.45) is 3.77. The van der Waals surface area contributed by atoms with E-state index in [0.717, 1.165) is 36.1 Å². The second-order valence-electron chi connectivity index (χ2n) is 5.59. The molecule has 0 amide bonds. The number of Topliss-reactive ketones (excluding diaryl/α,β-unsaturated/α-hetero) is 1.